The maximum atomic E-state index is 13.1. The average molecular weight is 1160 g/mol. The van der Waals surface area contributed by atoms with Gasteiger partial charge in [-0.05, 0) is 32.1 Å². The second kappa shape index (κ2) is 62.7. The normalized spacial score (nSPS) is 18.4. The predicted octanol–water partition coefficient (Wildman–Crippen LogP) is 20.0. The van der Waals surface area contributed by atoms with E-state index in [0.717, 1.165) is 38.5 Å². The minimum absolute atomic E-state index is 0.177. The van der Waals surface area contributed by atoms with Gasteiger partial charge in [0.2, 0.25) is 5.91 Å². The molecule has 6 N–H and O–H groups in total. The van der Waals surface area contributed by atoms with E-state index in [1.165, 1.54) is 321 Å². The van der Waals surface area contributed by atoms with Crippen molar-refractivity contribution in [3.8, 4) is 0 Å². The van der Waals surface area contributed by atoms with Gasteiger partial charge in [-0.2, -0.15) is 0 Å². The van der Waals surface area contributed by atoms with Gasteiger partial charge in [-0.1, -0.05) is 366 Å². The zero-order valence-electron chi connectivity index (χ0n) is 54.5. The molecule has 1 heterocycles. The first-order chi connectivity index (χ1) is 40.3. The van der Waals surface area contributed by atoms with E-state index in [1.807, 2.05) is 6.08 Å². The van der Waals surface area contributed by atoms with Crippen molar-refractivity contribution in [1.29, 1.82) is 0 Å². The molecule has 0 bridgehead atoms. The number of ether oxygens (including phenoxy) is 2. The monoisotopic (exact) mass is 1160 g/mol. The molecule has 1 rings (SSSR count). The number of hydrogen-bond donors (Lipinski definition) is 6. The summed E-state index contributed by atoms with van der Waals surface area (Å²) in [6.45, 7) is 3.83. The van der Waals surface area contributed by atoms with Gasteiger partial charge in [0.1, 0.15) is 24.4 Å². The number of aliphatic hydroxyl groups excluding tert-OH is 5. The molecule has 0 aromatic heterocycles. The Morgan fingerprint density at radius 3 is 1.02 bits per heavy atom. The fourth-order valence-corrected chi connectivity index (χ4v) is 12.1. The standard InChI is InChI=1S/C73H141NO8/c1-3-5-7-9-11-13-15-17-19-21-23-25-27-29-30-31-32-33-34-35-36-37-39-41-43-45-47-49-51-53-55-57-59-61-63-69(77)74-66(65-81-73-72(80)71(79)70(78)68(64-75)82-73)67(76)62-60-58-56-54-52-50-48-46-44-42-40-38-28-26-24-22-20-18-16-14-12-10-8-6-4-2/h52,54,60,62,66-68,70-73,75-76,78-80H,3-51,53,55-59,61,63-65H2,1-2H3,(H,74,77)/b54-52+,62-60+. The van der Waals surface area contributed by atoms with E-state index >= 15 is 0 Å². The second-order valence-electron chi connectivity index (χ2n) is 25.7. The van der Waals surface area contributed by atoms with E-state index in [2.05, 4.69) is 31.3 Å². The highest BCUT2D eigenvalue weighted by molar-refractivity contribution is 5.76. The molecule has 7 unspecified atom stereocenters. The van der Waals surface area contributed by atoms with Crippen molar-refractivity contribution >= 4 is 5.91 Å². The second-order valence-corrected chi connectivity index (χ2v) is 25.7. The molecule has 0 spiro atoms. The molecule has 1 aliphatic heterocycles. The number of amides is 1. The predicted molar refractivity (Wildman–Crippen MR) is 350 cm³/mol. The first-order valence-electron chi connectivity index (χ1n) is 36.6. The van der Waals surface area contributed by atoms with Crippen LogP contribution in [0.3, 0.4) is 0 Å². The molecule has 0 saturated carbocycles. The lowest BCUT2D eigenvalue weighted by molar-refractivity contribution is -0.302. The van der Waals surface area contributed by atoms with Gasteiger partial charge < -0.3 is 40.3 Å². The van der Waals surface area contributed by atoms with E-state index < -0.39 is 49.5 Å². The van der Waals surface area contributed by atoms with Gasteiger partial charge in [0.15, 0.2) is 6.29 Å². The van der Waals surface area contributed by atoms with Crippen LogP contribution in [-0.2, 0) is 14.3 Å². The molecule has 0 radical (unpaired) electrons. The quantitative estimate of drug-likeness (QED) is 0.0261. The van der Waals surface area contributed by atoms with E-state index in [4.69, 9.17) is 9.47 Å². The van der Waals surface area contributed by atoms with Crippen LogP contribution < -0.4 is 5.32 Å². The summed E-state index contributed by atoms with van der Waals surface area (Å²) < 4.78 is 11.3. The molecule has 1 saturated heterocycles. The van der Waals surface area contributed by atoms with Gasteiger partial charge in [-0.25, -0.2) is 0 Å². The van der Waals surface area contributed by atoms with Crippen molar-refractivity contribution in [3.63, 3.8) is 0 Å². The molecule has 486 valence electrons. The Morgan fingerprint density at radius 2 is 0.695 bits per heavy atom. The first kappa shape index (κ1) is 78.7. The number of rotatable bonds is 65. The highest BCUT2D eigenvalue weighted by Crippen LogP contribution is 2.24. The number of carbonyl (C=O) groups is 1. The third-order valence-corrected chi connectivity index (χ3v) is 17.8. The van der Waals surface area contributed by atoms with Gasteiger partial charge in [-0.3, -0.25) is 4.79 Å². The van der Waals surface area contributed by atoms with Crippen LogP contribution in [0.4, 0.5) is 0 Å². The summed E-state index contributed by atoms with van der Waals surface area (Å²) in [6, 6.07) is -0.820. The van der Waals surface area contributed by atoms with Crippen LogP contribution in [0.5, 0.6) is 0 Å². The Kier molecular flexibility index (Phi) is 60.2. The number of carbonyl (C=O) groups excluding carboxylic acids is 1. The number of nitrogens with one attached hydrogen (secondary N) is 1. The van der Waals surface area contributed by atoms with Crippen molar-refractivity contribution in [2.45, 2.75) is 423 Å². The van der Waals surface area contributed by atoms with Crippen molar-refractivity contribution in [2.75, 3.05) is 13.2 Å². The van der Waals surface area contributed by atoms with Crippen LogP contribution in [0.15, 0.2) is 24.3 Å². The third-order valence-electron chi connectivity index (χ3n) is 17.8. The molecule has 9 heteroatoms. The lowest BCUT2D eigenvalue weighted by atomic mass is 9.99. The molecule has 0 aliphatic carbocycles. The Hall–Kier alpha value is -1.33. The van der Waals surface area contributed by atoms with Crippen LogP contribution in [0, 0.1) is 0 Å². The van der Waals surface area contributed by atoms with Crippen LogP contribution in [0.1, 0.15) is 380 Å². The molecule has 82 heavy (non-hydrogen) atoms. The average Bonchev–Trinajstić information content (AvgIpc) is 3.56. The fraction of sp³-hybridized carbons (Fsp3) is 0.932. The van der Waals surface area contributed by atoms with E-state index in [1.54, 1.807) is 6.08 Å². The number of allylic oxidation sites excluding steroid dienone is 3. The van der Waals surface area contributed by atoms with Crippen LogP contribution in [0.25, 0.3) is 0 Å². The largest absolute Gasteiger partial charge is 0.394 e. The zero-order chi connectivity index (χ0) is 59.3. The van der Waals surface area contributed by atoms with Crippen molar-refractivity contribution in [3.05, 3.63) is 24.3 Å². The summed E-state index contributed by atoms with van der Waals surface area (Å²) in [4.78, 5) is 13.1. The third kappa shape index (κ3) is 50.8. The summed E-state index contributed by atoms with van der Waals surface area (Å²) in [5.74, 6) is -0.177. The van der Waals surface area contributed by atoms with E-state index in [-0.39, 0.29) is 12.5 Å². The number of hydrogen-bond acceptors (Lipinski definition) is 8. The molecule has 7 atom stereocenters. The van der Waals surface area contributed by atoms with Crippen LogP contribution in [-0.4, -0.2) is 87.5 Å². The molecule has 1 fully saturated rings. The summed E-state index contributed by atoms with van der Waals surface area (Å²) >= 11 is 0. The van der Waals surface area contributed by atoms with E-state index in [9.17, 15) is 30.3 Å². The lowest BCUT2D eigenvalue weighted by Crippen LogP contribution is -2.60. The molecule has 0 aromatic rings. The number of aliphatic hydroxyl groups is 5. The Morgan fingerprint density at radius 1 is 0.402 bits per heavy atom. The smallest absolute Gasteiger partial charge is 0.220 e. The topological polar surface area (TPSA) is 149 Å². The first-order valence-corrected chi connectivity index (χ1v) is 36.6. The molecule has 1 aliphatic rings. The highest BCUT2D eigenvalue weighted by atomic mass is 16.7. The highest BCUT2D eigenvalue weighted by Gasteiger charge is 2.44. The fourth-order valence-electron chi connectivity index (χ4n) is 12.1. The van der Waals surface area contributed by atoms with Crippen LogP contribution in [0.2, 0.25) is 0 Å². The Labute approximate surface area is 509 Å². The van der Waals surface area contributed by atoms with Gasteiger partial charge in [0, 0.05) is 6.42 Å². The number of unbranched alkanes of at least 4 members (excludes halogenated alkanes) is 53. The minimum Gasteiger partial charge on any atom is -0.394 e. The van der Waals surface area contributed by atoms with Crippen LogP contribution >= 0.6 is 0 Å². The SMILES string of the molecule is CCCCCCCCCCCCCCCCCCCCC/C=C/CC/C=C/C(O)C(COC1OC(CO)C(O)C(O)C1O)NC(=O)CCCCCCCCCCCCCCCCCCCCCCCCCCCCCCCCCCCC. The Balaban J connectivity index is 2.10. The van der Waals surface area contributed by atoms with Gasteiger partial charge in [0.25, 0.3) is 0 Å². The van der Waals surface area contributed by atoms with E-state index in [0.29, 0.717) is 6.42 Å². The molecule has 9 nitrogen and oxygen atoms in total. The molecular weight excluding hydrogens is 1020 g/mol. The summed E-state index contributed by atoms with van der Waals surface area (Å²) in [5, 5.41) is 54.8. The summed E-state index contributed by atoms with van der Waals surface area (Å²) in [7, 11) is 0. The van der Waals surface area contributed by atoms with Crippen molar-refractivity contribution in [2.24, 2.45) is 0 Å². The maximum Gasteiger partial charge on any atom is 0.220 e. The summed E-state index contributed by atoms with van der Waals surface area (Å²) in [6.07, 6.45) is 76.0. The summed E-state index contributed by atoms with van der Waals surface area (Å²) in [5.41, 5.74) is 0. The maximum absolute atomic E-state index is 13.1. The van der Waals surface area contributed by atoms with Gasteiger partial charge in [-0.15, -0.1) is 0 Å². The van der Waals surface area contributed by atoms with Gasteiger partial charge in [0.05, 0.1) is 25.4 Å². The van der Waals surface area contributed by atoms with Crippen molar-refractivity contribution in [1.82, 2.24) is 5.32 Å². The van der Waals surface area contributed by atoms with Crippen molar-refractivity contribution < 1.29 is 39.8 Å². The van der Waals surface area contributed by atoms with Gasteiger partial charge >= 0.3 is 0 Å². The Bertz CT molecular complexity index is 1340. The molecule has 0 aromatic carbocycles. The zero-order valence-corrected chi connectivity index (χ0v) is 54.5. The lowest BCUT2D eigenvalue weighted by Gasteiger charge is -2.40. The molecule has 1 amide bonds. The minimum atomic E-state index is -1.57. The molecular formula is C73H141NO8.